The molecule has 0 aromatic rings. The van der Waals surface area contributed by atoms with Gasteiger partial charge in [0.2, 0.25) is 12.4 Å². The lowest BCUT2D eigenvalue weighted by molar-refractivity contribution is -0.196. The second-order valence-electron chi connectivity index (χ2n) is 4.51. The molecule has 1 fully saturated rings. The Labute approximate surface area is 131 Å². The molecule has 132 valence electrons. The van der Waals surface area contributed by atoms with Crippen LogP contribution in [-0.2, 0) is 47.9 Å². The molecule has 1 saturated heterocycles. The van der Waals surface area contributed by atoms with Crippen LogP contribution in [0.2, 0.25) is 0 Å². The van der Waals surface area contributed by atoms with Gasteiger partial charge < -0.3 is 18.9 Å². The molecule has 0 spiro atoms. The summed E-state index contributed by atoms with van der Waals surface area (Å²) >= 11 is 0. The van der Waals surface area contributed by atoms with Gasteiger partial charge in [0.25, 0.3) is 0 Å². The number of hydrogen-bond donors (Lipinski definition) is 1. The molecule has 0 aromatic heterocycles. The molecule has 1 N–H and O–H groups in total. The SMILES string of the molecule is CC(=O)O[C@@H]1O[C@H](COS(=O)(=O)O)[C@@H](OC(C)=O)[C@H]1OC(C)=O. The van der Waals surface area contributed by atoms with E-state index in [4.69, 9.17) is 23.5 Å². The highest BCUT2D eigenvalue weighted by Crippen LogP contribution is 2.28. The van der Waals surface area contributed by atoms with Gasteiger partial charge in [0.1, 0.15) is 6.10 Å². The Morgan fingerprint density at radius 1 is 0.957 bits per heavy atom. The van der Waals surface area contributed by atoms with Crippen molar-refractivity contribution >= 4 is 28.3 Å². The van der Waals surface area contributed by atoms with Crippen molar-refractivity contribution in [1.29, 1.82) is 0 Å². The smallest absolute Gasteiger partial charge is 0.397 e. The Morgan fingerprint density at radius 3 is 1.87 bits per heavy atom. The van der Waals surface area contributed by atoms with Crippen LogP contribution >= 0.6 is 0 Å². The fraction of sp³-hybridized carbons (Fsp3) is 0.727. The third-order valence-electron chi connectivity index (χ3n) is 2.53. The maximum absolute atomic E-state index is 11.2. The van der Waals surface area contributed by atoms with Crippen LogP contribution in [-0.4, -0.2) is 62.1 Å². The van der Waals surface area contributed by atoms with E-state index in [0.29, 0.717) is 0 Å². The summed E-state index contributed by atoms with van der Waals surface area (Å²) in [5.41, 5.74) is 0. The molecule has 0 radical (unpaired) electrons. The lowest BCUT2D eigenvalue weighted by atomic mass is 10.1. The average molecular weight is 356 g/mol. The lowest BCUT2D eigenvalue weighted by Gasteiger charge is -2.22. The normalized spacial score (nSPS) is 27.3. The Bertz CT molecular complexity index is 569. The van der Waals surface area contributed by atoms with Gasteiger partial charge in [-0.2, -0.15) is 8.42 Å². The molecule has 23 heavy (non-hydrogen) atoms. The molecule has 1 aliphatic heterocycles. The van der Waals surface area contributed by atoms with Crippen LogP contribution in [0.25, 0.3) is 0 Å². The highest BCUT2D eigenvalue weighted by molar-refractivity contribution is 7.80. The maximum Gasteiger partial charge on any atom is 0.397 e. The van der Waals surface area contributed by atoms with Gasteiger partial charge in [0.05, 0.1) is 6.61 Å². The predicted molar refractivity (Wildman–Crippen MR) is 69.0 cm³/mol. The summed E-state index contributed by atoms with van der Waals surface area (Å²) in [4.78, 5) is 33.4. The van der Waals surface area contributed by atoms with Crippen molar-refractivity contribution in [3.05, 3.63) is 0 Å². The first-order valence-corrected chi connectivity index (χ1v) is 7.65. The van der Waals surface area contributed by atoms with Gasteiger partial charge in [-0.25, -0.2) is 4.18 Å². The first-order valence-electron chi connectivity index (χ1n) is 6.28. The van der Waals surface area contributed by atoms with E-state index in [1.54, 1.807) is 0 Å². The zero-order valence-corrected chi connectivity index (χ0v) is 13.3. The van der Waals surface area contributed by atoms with Crippen LogP contribution < -0.4 is 0 Å². The van der Waals surface area contributed by atoms with Gasteiger partial charge in [0, 0.05) is 20.8 Å². The number of carbonyl (C=O) groups excluding carboxylic acids is 3. The Hall–Kier alpha value is -1.76. The van der Waals surface area contributed by atoms with E-state index in [-0.39, 0.29) is 0 Å². The zero-order valence-electron chi connectivity index (χ0n) is 12.5. The van der Waals surface area contributed by atoms with E-state index >= 15 is 0 Å². The number of hydrogen-bond acceptors (Lipinski definition) is 10. The second kappa shape index (κ2) is 7.68. The van der Waals surface area contributed by atoms with E-state index in [0.717, 1.165) is 20.8 Å². The molecule has 0 bridgehead atoms. The maximum atomic E-state index is 11.2. The Balaban J connectivity index is 2.99. The van der Waals surface area contributed by atoms with Crippen LogP contribution in [0.3, 0.4) is 0 Å². The van der Waals surface area contributed by atoms with Crippen molar-refractivity contribution in [1.82, 2.24) is 0 Å². The fourth-order valence-electron chi connectivity index (χ4n) is 1.89. The topological polar surface area (TPSA) is 152 Å². The molecule has 11 nitrogen and oxygen atoms in total. The molecule has 1 rings (SSSR count). The van der Waals surface area contributed by atoms with Crippen molar-refractivity contribution < 1.29 is 50.5 Å². The largest absolute Gasteiger partial charge is 0.455 e. The van der Waals surface area contributed by atoms with Gasteiger partial charge in [-0.15, -0.1) is 0 Å². The molecule has 0 unspecified atom stereocenters. The molecule has 1 aliphatic rings. The first-order chi connectivity index (χ1) is 10.5. The van der Waals surface area contributed by atoms with E-state index in [2.05, 4.69) is 4.18 Å². The van der Waals surface area contributed by atoms with Crippen molar-refractivity contribution in [3.8, 4) is 0 Å². The van der Waals surface area contributed by atoms with E-state index < -0.39 is 59.5 Å². The van der Waals surface area contributed by atoms with Crippen molar-refractivity contribution in [2.75, 3.05) is 6.61 Å². The van der Waals surface area contributed by atoms with Crippen molar-refractivity contribution in [3.63, 3.8) is 0 Å². The Kier molecular flexibility index (Phi) is 6.44. The summed E-state index contributed by atoms with van der Waals surface area (Å²) in [5, 5.41) is 0. The Morgan fingerprint density at radius 2 is 1.43 bits per heavy atom. The molecular weight excluding hydrogens is 340 g/mol. The lowest BCUT2D eigenvalue weighted by Crippen LogP contribution is -2.42. The summed E-state index contributed by atoms with van der Waals surface area (Å²) in [6.07, 6.45) is -5.33. The minimum atomic E-state index is -4.78. The quantitative estimate of drug-likeness (QED) is 0.353. The molecule has 4 atom stereocenters. The third-order valence-corrected chi connectivity index (χ3v) is 2.97. The van der Waals surface area contributed by atoms with Gasteiger partial charge in [-0.1, -0.05) is 0 Å². The standard InChI is InChI=1S/C11H16O11S/c1-5(12)19-9-8(4-18-23(15,16)17)22-11(21-7(3)14)10(9)20-6(2)13/h8-11H,4H2,1-3H3,(H,15,16,17)/t8-,9-,10-,11-/m1/s1. The third kappa shape index (κ3) is 6.48. The molecular formula is C11H16O11S. The number of rotatable bonds is 6. The minimum Gasteiger partial charge on any atom is -0.455 e. The van der Waals surface area contributed by atoms with E-state index in [1.807, 2.05) is 0 Å². The average Bonchev–Trinajstić information content (AvgIpc) is 2.63. The van der Waals surface area contributed by atoms with Gasteiger partial charge in [-0.05, 0) is 0 Å². The summed E-state index contributed by atoms with van der Waals surface area (Å²) in [6, 6.07) is 0. The van der Waals surface area contributed by atoms with Crippen LogP contribution in [0.15, 0.2) is 0 Å². The number of ether oxygens (including phenoxy) is 4. The fourth-order valence-corrected chi connectivity index (χ4v) is 2.19. The summed E-state index contributed by atoms with van der Waals surface area (Å²) in [6.45, 7) is 2.44. The van der Waals surface area contributed by atoms with Crippen LogP contribution in [0, 0.1) is 0 Å². The van der Waals surface area contributed by atoms with E-state index in [1.165, 1.54) is 0 Å². The highest BCUT2D eigenvalue weighted by atomic mass is 32.3. The summed E-state index contributed by atoms with van der Waals surface area (Å²) in [7, 11) is -4.78. The number of carbonyl (C=O) groups is 3. The van der Waals surface area contributed by atoms with Gasteiger partial charge in [0.15, 0.2) is 6.10 Å². The number of esters is 3. The van der Waals surface area contributed by atoms with Crippen LogP contribution in [0.5, 0.6) is 0 Å². The van der Waals surface area contributed by atoms with Crippen LogP contribution in [0.4, 0.5) is 0 Å². The van der Waals surface area contributed by atoms with Crippen molar-refractivity contribution in [2.45, 2.75) is 45.4 Å². The van der Waals surface area contributed by atoms with E-state index in [9.17, 15) is 22.8 Å². The monoisotopic (exact) mass is 356 g/mol. The molecule has 0 aliphatic carbocycles. The van der Waals surface area contributed by atoms with Crippen LogP contribution in [0.1, 0.15) is 20.8 Å². The predicted octanol–water partition coefficient (Wildman–Crippen LogP) is -1.04. The summed E-state index contributed by atoms with van der Waals surface area (Å²) < 4.78 is 53.9. The van der Waals surface area contributed by atoms with Gasteiger partial charge in [-0.3, -0.25) is 18.9 Å². The molecule has 12 heteroatoms. The molecule has 0 aromatic carbocycles. The summed E-state index contributed by atoms with van der Waals surface area (Å²) in [5.74, 6) is -2.33. The second-order valence-corrected chi connectivity index (χ2v) is 5.60. The molecule has 1 heterocycles. The van der Waals surface area contributed by atoms with Crippen molar-refractivity contribution in [2.24, 2.45) is 0 Å². The minimum absolute atomic E-state index is 0.758. The van der Waals surface area contributed by atoms with Gasteiger partial charge >= 0.3 is 28.3 Å². The molecule has 0 amide bonds. The zero-order chi connectivity index (χ0) is 17.8. The molecule has 0 saturated carbocycles. The highest BCUT2D eigenvalue weighted by Gasteiger charge is 2.51. The first kappa shape index (κ1) is 19.3.